The molecule has 0 spiro atoms. The van der Waals surface area contributed by atoms with Gasteiger partial charge < -0.3 is 10.1 Å². The average Bonchev–Trinajstić information content (AvgIpc) is 2.85. The van der Waals surface area contributed by atoms with Crippen molar-refractivity contribution in [3.05, 3.63) is 22.4 Å². The first-order chi connectivity index (χ1) is 7.26. The smallest absolute Gasteiger partial charge is 0.0857 e. The van der Waals surface area contributed by atoms with Crippen molar-refractivity contribution >= 4 is 11.3 Å². The summed E-state index contributed by atoms with van der Waals surface area (Å²) in [6, 6.07) is 4.66. The number of ether oxygens (including phenoxy) is 1. The summed E-state index contributed by atoms with van der Waals surface area (Å²) < 4.78 is 5.92. The fourth-order valence-electron chi connectivity index (χ4n) is 2.31. The summed E-state index contributed by atoms with van der Waals surface area (Å²) >= 11 is 1.81. The van der Waals surface area contributed by atoms with Crippen LogP contribution in [0.15, 0.2) is 17.5 Å². The zero-order valence-corrected chi connectivity index (χ0v) is 10.3. The SMILES string of the molecule is CCNC(c1cccs1)C1(C)CCCO1. The van der Waals surface area contributed by atoms with Crippen molar-refractivity contribution in [3.63, 3.8) is 0 Å². The lowest BCUT2D eigenvalue weighted by molar-refractivity contribution is -0.0111. The van der Waals surface area contributed by atoms with E-state index in [9.17, 15) is 0 Å². The van der Waals surface area contributed by atoms with Gasteiger partial charge in [0.1, 0.15) is 0 Å². The number of likely N-dealkylation sites (N-methyl/N-ethyl adjacent to an activating group) is 1. The normalized spacial score (nSPS) is 28.1. The van der Waals surface area contributed by atoms with Crippen LogP contribution in [0.2, 0.25) is 0 Å². The van der Waals surface area contributed by atoms with Crippen molar-refractivity contribution in [1.29, 1.82) is 0 Å². The molecule has 0 radical (unpaired) electrons. The molecule has 1 aromatic rings. The molecule has 2 unspecified atom stereocenters. The monoisotopic (exact) mass is 225 g/mol. The standard InChI is InChI=1S/C12H19NOS/c1-3-13-11(10-6-4-9-15-10)12(2)7-5-8-14-12/h4,6,9,11,13H,3,5,7-8H2,1-2H3. The third-order valence-corrected chi connectivity index (χ3v) is 4.03. The van der Waals surface area contributed by atoms with Crippen LogP contribution in [0.5, 0.6) is 0 Å². The number of thiophene rings is 1. The second-order valence-corrected chi connectivity index (χ2v) is 5.25. The summed E-state index contributed by atoms with van der Waals surface area (Å²) in [6.45, 7) is 6.28. The third-order valence-electron chi connectivity index (χ3n) is 3.10. The van der Waals surface area contributed by atoms with Gasteiger partial charge in [-0.3, -0.25) is 0 Å². The highest BCUT2D eigenvalue weighted by molar-refractivity contribution is 7.10. The summed E-state index contributed by atoms with van der Waals surface area (Å²) in [7, 11) is 0. The van der Waals surface area contributed by atoms with E-state index in [1.165, 1.54) is 11.3 Å². The summed E-state index contributed by atoms with van der Waals surface area (Å²) in [5.74, 6) is 0. The molecule has 0 aromatic carbocycles. The molecule has 0 bridgehead atoms. The van der Waals surface area contributed by atoms with Crippen molar-refractivity contribution in [2.75, 3.05) is 13.2 Å². The van der Waals surface area contributed by atoms with Gasteiger partial charge in [0.25, 0.3) is 0 Å². The molecule has 2 atom stereocenters. The summed E-state index contributed by atoms with van der Waals surface area (Å²) in [6.07, 6.45) is 2.34. The minimum absolute atomic E-state index is 0.0130. The number of hydrogen-bond acceptors (Lipinski definition) is 3. The highest BCUT2D eigenvalue weighted by Gasteiger charge is 2.39. The molecule has 1 fully saturated rings. The highest BCUT2D eigenvalue weighted by atomic mass is 32.1. The zero-order chi connectivity index (χ0) is 10.7. The molecular weight excluding hydrogens is 206 g/mol. The van der Waals surface area contributed by atoms with E-state index in [1.807, 2.05) is 11.3 Å². The molecule has 0 aliphatic carbocycles. The van der Waals surface area contributed by atoms with Gasteiger partial charge in [-0.1, -0.05) is 13.0 Å². The minimum atomic E-state index is -0.0130. The van der Waals surface area contributed by atoms with Crippen molar-refractivity contribution in [3.8, 4) is 0 Å². The van der Waals surface area contributed by atoms with E-state index in [0.29, 0.717) is 6.04 Å². The maximum absolute atomic E-state index is 5.92. The van der Waals surface area contributed by atoms with E-state index in [-0.39, 0.29) is 5.60 Å². The Bertz CT molecular complexity index is 291. The van der Waals surface area contributed by atoms with Crippen molar-refractivity contribution < 1.29 is 4.74 Å². The maximum atomic E-state index is 5.92. The topological polar surface area (TPSA) is 21.3 Å². The Morgan fingerprint density at radius 1 is 1.67 bits per heavy atom. The van der Waals surface area contributed by atoms with Crippen molar-refractivity contribution in [2.24, 2.45) is 0 Å². The van der Waals surface area contributed by atoms with Crippen LogP contribution in [0.25, 0.3) is 0 Å². The van der Waals surface area contributed by atoms with Crippen LogP contribution in [0, 0.1) is 0 Å². The summed E-state index contributed by atoms with van der Waals surface area (Å²) in [5, 5.41) is 5.69. The van der Waals surface area contributed by atoms with Gasteiger partial charge in [0, 0.05) is 11.5 Å². The van der Waals surface area contributed by atoms with E-state index >= 15 is 0 Å². The predicted octanol–water partition coefficient (Wildman–Crippen LogP) is 2.97. The molecule has 2 rings (SSSR count). The van der Waals surface area contributed by atoms with E-state index in [0.717, 1.165) is 19.6 Å². The van der Waals surface area contributed by atoms with Gasteiger partial charge in [0.2, 0.25) is 0 Å². The molecule has 1 aliphatic rings. The molecule has 84 valence electrons. The van der Waals surface area contributed by atoms with E-state index in [4.69, 9.17) is 4.74 Å². The first kappa shape index (κ1) is 11.1. The van der Waals surface area contributed by atoms with Crippen molar-refractivity contribution in [2.45, 2.75) is 38.3 Å². The number of nitrogens with one attached hydrogen (secondary N) is 1. The second kappa shape index (κ2) is 4.64. The number of hydrogen-bond donors (Lipinski definition) is 1. The fraction of sp³-hybridized carbons (Fsp3) is 0.667. The van der Waals surface area contributed by atoms with Crippen LogP contribution < -0.4 is 5.32 Å². The molecular formula is C12H19NOS. The summed E-state index contributed by atoms with van der Waals surface area (Å²) in [4.78, 5) is 1.39. The molecule has 1 aliphatic heterocycles. The van der Waals surface area contributed by atoms with Crippen LogP contribution in [-0.2, 0) is 4.74 Å². The Hall–Kier alpha value is -0.380. The Morgan fingerprint density at radius 2 is 2.53 bits per heavy atom. The minimum Gasteiger partial charge on any atom is -0.373 e. The van der Waals surface area contributed by atoms with Crippen LogP contribution in [0.3, 0.4) is 0 Å². The first-order valence-corrected chi connectivity index (χ1v) is 6.55. The Labute approximate surface area is 95.6 Å². The van der Waals surface area contributed by atoms with Gasteiger partial charge in [-0.15, -0.1) is 11.3 Å². The van der Waals surface area contributed by atoms with E-state index in [2.05, 4.69) is 36.7 Å². The first-order valence-electron chi connectivity index (χ1n) is 5.67. The lowest BCUT2D eigenvalue weighted by Gasteiger charge is -2.33. The van der Waals surface area contributed by atoms with Crippen LogP contribution in [-0.4, -0.2) is 18.8 Å². The van der Waals surface area contributed by atoms with Gasteiger partial charge in [-0.2, -0.15) is 0 Å². The molecule has 3 heteroatoms. The Balaban J connectivity index is 2.19. The average molecular weight is 225 g/mol. The Morgan fingerprint density at radius 3 is 3.07 bits per heavy atom. The van der Waals surface area contributed by atoms with Crippen LogP contribution in [0.4, 0.5) is 0 Å². The van der Waals surface area contributed by atoms with E-state index < -0.39 is 0 Å². The molecule has 1 saturated heterocycles. The second-order valence-electron chi connectivity index (χ2n) is 4.27. The molecule has 2 heterocycles. The fourth-order valence-corrected chi connectivity index (χ4v) is 3.25. The molecule has 15 heavy (non-hydrogen) atoms. The van der Waals surface area contributed by atoms with Gasteiger partial charge in [-0.05, 0) is 37.8 Å². The van der Waals surface area contributed by atoms with Crippen LogP contribution in [0.1, 0.15) is 37.6 Å². The molecule has 1 N–H and O–H groups in total. The third kappa shape index (κ3) is 2.25. The molecule has 1 aromatic heterocycles. The number of rotatable bonds is 4. The largest absolute Gasteiger partial charge is 0.373 e. The lowest BCUT2D eigenvalue weighted by Crippen LogP contribution is -2.40. The zero-order valence-electron chi connectivity index (χ0n) is 9.45. The van der Waals surface area contributed by atoms with E-state index in [1.54, 1.807) is 0 Å². The Kier molecular flexibility index (Phi) is 3.44. The maximum Gasteiger partial charge on any atom is 0.0857 e. The van der Waals surface area contributed by atoms with Crippen LogP contribution >= 0.6 is 11.3 Å². The summed E-state index contributed by atoms with van der Waals surface area (Å²) in [5.41, 5.74) is -0.0130. The predicted molar refractivity (Wildman–Crippen MR) is 64.3 cm³/mol. The molecule has 0 saturated carbocycles. The van der Waals surface area contributed by atoms with Gasteiger partial charge in [0.05, 0.1) is 11.6 Å². The van der Waals surface area contributed by atoms with Crippen molar-refractivity contribution in [1.82, 2.24) is 5.32 Å². The van der Waals surface area contributed by atoms with Gasteiger partial charge >= 0.3 is 0 Å². The lowest BCUT2D eigenvalue weighted by atomic mass is 9.92. The quantitative estimate of drug-likeness (QED) is 0.850. The van der Waals surface area contributed by atoms with Gasteiger partial charge in [0.15, 0.2) is 0 Å². The van der Waals surface area contributed by atoms with Gasteiger partial charge in [-0.25, -0.2) is 0 Å². The highest BCUT2D eigenvalue weighted by Crippen LogP contribution is 2.38. The molecule has 0 amide bonds. The molecule has 2 nitrogen and oxygen atoms in total.